The summed E-state index contributed by atoms with van der Waals surface area (Å²) >= 11 is 1.69. The average Bonchev–Trinajstić information content (AvgIpc) is 2.75. The first-order valence-corrected chi connectivity index (χ1v) is 11.5. The van der Waals surface area contributed by atoms with Crippen molar-refractivity contribution in [3.8, 4) is 11.3 Å². The molecule has 1 aromatic heterocycles. The normalized spacial score (nSPS) is 17.6. The van der Waals surface area contributed by atoms with E-state index in [-0.39, 0.29) is 11.0 Å². The Hall–Kier alpha value is -2.33. The van der Waals surface area contributed by atoms with Gasteiger partial charge in [0.25, 0.3) is 5.56 Å². The zero-order valence-electron chi connectivity index (χ0n) is 17.4. The molecule has 3 aromatic rings. The molecule has 0 aliphatic heterocycles. The van der Waals surface area contributed by atoms with E-state index in [2.05, 4.69) is 51.1 Å². The van der Waals surface area contributed by atoms with E-state index < -0.39 is 0 Å². The number of aromatic nitrogens is 2. The van der Waals surface area contributed by atoms with Crippen LogP contribution in [-0.2, 0) is 18.4 Å². The van der Waals surface area contributed by atoms with Crippen LogP contribution in [0.1, 0.15) is 50.3 Å². The zero-order valence-corrected chi connectivity index (χ0v) is 18.3. The smallest absolute Gasteiger partial charge is 0.258 e. The summed E-state index contributed by atoms with van der Waals surface area (Å²) in [6, 6.07) is 18.7. The van der Waals surface area contributed by atoms with E-state index in [1.807, 2.05) is 28.8 Å². The Morgan fingerprint density at radius 3 is 2.52 bits per heavy atom. The fourth-order valence-corrected chi connectivity index (χ4v) is 5.04. The first-order chi connectivity index (χ1) is 14.1. The predicted octanol–water partition coefficient (Wildman–Crippen LogP) is 5.68. The molecule has 1 atom stereocenters. The van der Waals surface area contributed by atoms with Crippen LogP contribution in [0.4, 0.5) is 0 Å². The molecule has 0 fully saturated rings. The minimum absolute atomic E-state index is 0.122. The summed E-state index contributed by atoms with van der Waals surface area (Å²) in [6.45, 7) is 7.12. The molecule has 0 N–H and O–H groups in total. The molecule has 1 unspecified atom stereocenters. The lowest BCUT2D eigenvalue weighted by molar-refractivity contribution is 0.430. The largest absolute Gasteiger partial charge is 0.283 e. The second kappa shape index (κ2) is 8.19. The summed E-state index contributed by atoms with van der Waals surface area (Å²) in [4.78, 5) is 19.0. The summed E-state index contributed by atoms with van der Waals surface area (Å²) in [5.41, 5.74) is 5.25. The quantitative estimate of drug-likeness (QED) is 0.391. The minimum atomic E-state index is -0.194. The third-order valence-corrected chi connectivity index (χ3v) is 7.17. The summed E-state index contributed by atoms with van der Waals surface area (Å²) < 4.78 is 1.90. The van der Waals surface area contributed by atoms with Crippen molar-refractivity contribution in [2.24, 2.45) is 0 Å². The number of rotatable bonds is 6. The number of nitrogens with zero attached hydrogens (tertiary/aromatic N) is 2. The molecule has 1 aliphatic carbocycles. The molecule has 0 saturated carbocycles. The van der Waals surface area contributed by atoms with Crippen molar-refractivity contribution in [3.05, 3.63) is 81.6 Å². The van der Waals surface area contributed by atoms with Crippen molar-refractivity contribution in [2.45, 2.75) is 57.1 Å². The van der Waals surface area contributed by atoms with Crippen molar-refractivity contribution in [3.63, 3.8) is 0 Å². The third-order valence-electron chi connectivity index (χ3n) is 5.99. The van der Waals surface area contributed by atoms with Gasteiger partial charge in [-0.25, -0.2) is 4.98 Å². The van der Waals surface area contributed by atoms with E-state index in [9.17, 15) is 4.79 Å². The van der Waals surface area contributed by atoms with Crippen LogP contribution in [0.2, 0.25) is 0 Å². The maximum Gasteiger partial charge on any atom is 0.258 e. The highest BCUT2D eigenvalue weighted by atomic mass is 32.2. The molecule has 4 heteroatoms. The third kappa shape index (κ3) is 3.66. The molecule has 150 valence electrons. The minimum Gasteiger partial charge on any atom is -0.283 e. The number of hydrogen-bond acceptors (Lipinski definition) is 3. The molecule has 0 saturated heterocycles. The Morgan fingerprint density at radius 1 is 1.07 bits per heavy atom. The second-order valence-corrected chi connectivity index (χ2v) is 9.15. The van der Waals surface area contributed by atoms with Crippen LogP contribution in [-0.4, -0.2) is 15.3 Å². The fraction of sp³-hybridized carbons (Fsp3) is 0.360. The molecule has 0 amide bonds. The topological polar surface area (TPSA) is 34.9 Å². The van der Waals surface area contributed by atoms with Crippen molar-refractivity contribution < 1.29 is 0 Å². The van der Waals surface area contributed by atoms with Crippen LogP contribution >= 0.6 is 11.8 Å². The lowest BCUT2D eigenvalue weighted by Gasteiger charge is -2.36. The SMILES string of the molecule is CCCSc1nc2c(c(=O)n1Cc1ccccc1)C(C)(CC)Cc1ccccc1-2. The molecule has 2 aromatic carbocycles. The standard InChI is InChI=1S/C25H28N2OS/c1-4-15-29-24-26-22-20-14-10-9-13-19(20)16-25(3,5-2)21(22)23(28)27(24)17-18-11-7-6-8-12-18/h6-14H,4-5,15-17H2,1-3H3. The van der Waals surface area contributed by atoms with Crippen molar-refractivity contribution in [2.75, 3.05) is 5.75 Å². The van der Waals surface area contributed by atoms with E-state index in [1.54, 1.807) is 11.8 Å². The number of hydrogen-bond donors (Lipinski definition) is 0. The van der Waals surface area contributed by atoms with Gasteiger partial charge in [0.1, 0.15) is 0 Å². The molecule has 1 heterocycles. The Bertz CT molecular complexity index is 1070. The Kier molecular flexibility index (Phi) is 5.64. The molecule has 0 spiro atoms. The Balaban J connectivity index is 1.96. The Morgan fingerprint density at radius 2 is 1.79 bits per heavy atom. The molecule has 0 radical (unpaired) electrons. The van der Waals surface area contributed by atoms with Crippen molar-refractivity contribution in [1.82, 2.24) is 9.55 Å². The molecule has 1 aliphatic rings. The number of fused-ring (bicyclic) bond motifs is 3. The molecular formula is C25H28N2OS. The molecule has 3 nitrogen and oxygen atoms in total. The molecular weight excluding hydrogens is 376 g/mol. The van der Waals surface area contributed by atoms with E-state index in [1.165, 1.54) is 5.56 Å². The van der Waals surface area contributed by atoms with E-state index >= 15 is 0 Å². The molecule has 29 heavy (non-hydrogen) atoms. The van der Waals surface area contributed by atoms with Crippen LogP contribution in [0.25, 0.3) is 11.3 Å². The highest BCUT2D eigenvalue weighted by Gasteiger charge is 2.38. The number of benzene rings is 2. The van der Waals surface area contributed by atoms with Crippen LogP contribution in [0, 0.1) is 0 Å². The first kappa shape index (κ1) is 20.0. The highest BCUT2D eigenvalue weighted by Crippen LogP contribution is 2.43. The zero-order chi connectivity index (χ0) is 20.4. The summed E-state index contributed by atoms with van der Waals surface area (Å²) in [7, 11) is 0. The van der Waals surface area contributed by atoms with E-state index in [4.69, 9.17) is 4.98 Å². The van der Waals surface area contributed by atoms with Gasteiger partial charge < -0.3 is 0 Å². The van der Waals surface area contributed by atoms with Crippen LogP contribution in [0.3, 0.4) is 0 Å². The van der Waals surface area contributed by atoms with E-state index in [0.717, 1.165) is 52.6 Å². The van der Waals surface area contributed by atoms with Crippen LogP contribution in [0.15, 0.2) is 64.5 Å². The van der Waals surface area contributed by atoms with Gasteiger partial charge in [-0.1, -0.05) is 87.1 Å². The summed E-state index contributed by atoms with van der Waals surface area (Å²) in [6.07, 6.45) is 2.85. The van der Waals surface area contributed by atoms with Crippen molar-refractivity contribution in [1.29, 1.82) is 0 Å². The maximum atomic E-state index is 13.9. The van der Waals surface area contributed by atoms with Gasteiger partial charge in [0.2, 0.25) is 0 Å². The van der Waals surface area contributed by atoms with Crippen LogP contribution < -0.4 is 5.56 Å². The summed E-state index contributed by atoms with van der Waals surface area (Å²) in [5.74, 6) is 0.951. The van der Waals surface area contributed by atoms with E-state index in [0.29, 0.717) is 6.54 Å². The Labute approximate surface area is 177 Å². The van der Waals surface area contributed by atoms with Crippen molar-refractivity contribution >= 4 is 11.8 Å². The first-order valence-electron chi connectivity index (χ1n) is 10.5. The summed E-state index contributed by atoms with van der Waals surface area (Å²) in [5, 5.41) is 0.828. The fourth-order valence-electron chi connectivity index (χ4n) is 4.20. The van der Waals surface area contributed by atoms with Gasteiger partial charge in [0.05, 0.1) is 17.8 Å². The average molecular weight is 405 g/mol. The second-order valence-electron chi connectivity index (χ2n) is 8.09. The molecule has 0 bridgehead atoms. The maximum absolute atomic E-state index is 13.9. The van der Waals surface area contributed by atoms with Crippen LogP contribution in [0.5, 0.6) is 0 Å². The molecule has 4 rings (SSSR count). The van der Waals surface area contributed by atoms with Gasteiger partial charge in [0, 0.05) is 16.7 Å². The van der Waals surface area contributed by atoms with Gasteiger partial charge in [-0.2, -0.15) is 0 Å². The van der Waals surface area contributed by atoms with Gasteiger partial charge >= 0.3 is 0 Å². The lowest BCUT2D eigenvalue weighted by atomic mass is 9.69. The monoisotopic (exact) mass is 404 g/mol. The van der Waals surface area contributed by atoms with Gasteiger partial charge in [-0.05, 0) is 30.4 Å². The number of thioether (sulfide) groups is 1. The predicted molar refractivity (Wildman–Crippen MR) is 122 cm³/mol. The van der Waals surface area contributed by atoms with Gasteiger partial charge in [-0.15, -0.1) is 0 Å². The lowest BCUT2D eigenvalue weighted by Crippen LogP contribution is -2.40. The van der Waals surface area contributed by atoms with Gasteiger partial charge in [-0.3, -0.25) is 9.36 Å². The highest BCUT2D eigenvalue weighted by molar-refractivity contribution is 7.99. The van der Waals surface area contributed by atoms with Gasteiger partial charge in [0.15, 0.2) is 5.16 Å².